The van der Waals surface area contributed by atoms with E-state index in [1.807, 2.05) is 37.3 Å². The number of hydrogen-bond acceptors (Lipinski definition) is 5. The normalized spacial score (nSPS) is 10.4. The highest BCUT2D eigenvalue weighted by molar-refractivity contribution is 9.10. The molecule has 2 rings (SSSR count). The highest BCUT2D eigenvalue weighted by Crippen LogP contribution is 2.20. The second kappa shape index (κ2) is 11.7. The van der Waals surface area contributed by atoms with Crippen molar-refractivity contribution in [2.75, 3.05) is 24.7 Å². The molecule has 0 saturated carbocycles. The van der Waals surface area contributed by atoms with E-state index in [1.54, 1.807) is 30.3 Å². The Balaban J connectivity index is 1.97. The zero-order chi connectivity index (χ0) is 21.1. The number of benzene rings is 2. The van der Waals surface area contributed by atoms with Gasteiger partial charge in [-0.2, -0.15) is 5.26 Å². The van der Waals surface area contributed by atoms with E-state index >= 15 is 0 Å². The molecule has 7 heteroatoms. The molecule has 0 spiro atoms. The fourth-order valence-corrected chi connectivity index (χ4v) is 2.71. The second-order valence-corrected chi connectivity index (χ2v) is 6.79. The van der Waals surface area contributed by atoms with Crippen LogP contribution >= 0.6 is 15.9 Å². The zero-order valence-electron chi connectivity index (χ0n) is 16.0. The number of ether oxygens (including phenoxy) is 2. The van der Waals surface area contributed by atoms with E-state index in [2.05, 4.69) is 15.9 Å². The van der Waals surface area contributed by atoms with Crippen molar-refractivity contribution >= 4 is 39.6 Å². The molecule has 0 aliphatic carbocycles. The van der Waals surface area contributed by atoms with Gasteiger partial charge in [0.25, 0.3) is 5.91 Å². The highest BCUT2D eigenvalue weighted by atomic mass is 79.9. The molecule has 150 valence electrons. The number of amides is 1. The Labute approximate surface area is 178 Å². The van der Waals surface area contributed by atoms with E-state index in [1.165, 1.54) is 11.0 Å². The highest BCUT2D eigenvalue weighted by Gasteiger charge is 2.17. The molecule has 0 aromatic heterocycles. The summed E-state index contributed by atoms with van der Waals surface area (Å²) in [5, 5.41) is 8.87. The number of nitriles is 1. The van der Waals surface area contributed by atoms with Gasteiger partial charge in [0, 0.05) is 22.8 Å². The molecular weight excluding hydrogens is 436 g/mol. The number of anilines is 1. The van der Waals surface area contributed by atoms with Crippen LogP contribution in [0.4, 0.5) is 5.69 Å². The van der Waals surface area contributed by atoms with Crippen LogP contribution in [0.1, 0.15) is 18.9 Å². The lowest BCUT2D eigenvalue weighted by Gasteiger charge is -2.21. The Morgan fingerprint density at radius 1 is 1.14 bits per heavy atom. The number of carbonyl (C=O) groups is 2. The van der Waals surface area contributed by atoms with Crippen molar-refractivity contribution in [1.29, 1.82) is 5.26 Å². The van der Waals surface area contributed by atoms with Crippen LogP contribution in [0.25, 0.3) is 6.08 Å². The Bertz CT molecular complexity index is 887. The van der Waals surface area contributed by atoms with Gasteiger partial charge in [0.15, 0.2) is 6.61 Å². The maximum atomic E-state index is 12.6. The molecule has 0 unspecified atom stereocenters. The van der Waals surface area contributed by atoms with Crippen LogP contribution in [-0.4, -0.2) is 31.6 Å². The van der Waals surface area contributed by atoms with E-state index in [0.29, 0.717) is 18.0 Å². The lowest BCUT2D eigenvalue weighted by Crippen LogP contribution is -2.35. The van der Waals surface area contributed by atoms with Gasteiger partial charge in [-0.1, -0.05) is 28.1 Å². The van der Waals surface area contributed by atoms with Crippen LogP contribution in [0.2, 0.25) is 0 Å². The van der Waals surface area contributed by atoms with Gasteiger partial charge in [0.2, 0.25) is 0 Å². The maximum absolute atomic E-state index is 12.6. The third kappa shape index (κ3) is 7.43. The van der Waals surface area contributed by atoms with Gasteiger partial charge >= 0.3 is 5.97 Å². The summed E-state index contributed by atoms with van der Waals surface area (Å²) in [6.07, 6.45) is 3.04. The van der Waals surface area contributed by atoms with E-state index in [4.69, 9.17) is 14.7 Å². The monoisotopic (exact) mass is 456 g/mol. The second-order valence-electron chi connectivity index (χ2n) is 5.87. The fourth-order valence-electron chi connectivity index (χ4n) is 2.45. The van der Waals surface area contributed by atoms with Crippen molar-refractivity contribution in [3.05, 3.63) is 64.6 Å². The van der Waals surface area contributed by atoms with Crippen LogP contribution in [0.15, 0.2) is 59.1 Å². The van der Waals surface area contributed by atoms with E-state index in [0.717, 1.165) is 10.0 Å². The molecule has 0 aliphatic heterocycles. The van der Waals surface area contributed by atoms with E-state index < -0.39 is 18.5 Å². The molecule has 6 nitrogen and oxygen atoms in total. The predicted molar refractivity (Wildman–Crippen MR) is 114 cm³/mol. The van der Waals surface area contributed by atoms with Gasteiger partial charge < -0.3 is 14.4 Å². The number of rotatable bonds is 9. The topological polar surface area (TPSA) is 79.6 Å². The third-order valence-electron chi connectivity index (χ3n) is 3.83. The first-order valence-corrected chi connectivity index (χ1v) is 9.83. The predicted octanol–water partition coefficient (Wildman–Crippen LogP) is 4.35. The first-order valence-electron chi connectivity index (χ1n) is 9.04. The van der Waals surface area contributed by atoms with Crippen LogP contribution in [0.3, 0.4) is 0 Å². The zero-order valence-corrected chi connectivity index (χ0v) is 17.6. The van der Waals surface area contributed by atoms with Crippen LogP contribution in [-0.2, 0) is 14.3 Å². The molecule has 0 heterocycles. The summed E-state index contributed by atoms with van der Waals surface area (Å²) >= 11 is 3.34. The summed E-state index contributed by atoms with van der Waals surface area (Å²) < 4.78 is 11.4. The molecule has 0 atom stereocenters. The van der Waals surface area contributed by atoms with Crippen LogP contribution in [0, 0.1) is 11.3 Å². The molecule has 2 aromatic rings. The molecule has 2 aromatic carbocycles. The Hall–Kier alpha value is -3.11. The van der Waals surface area contributed by atoms with Crippen molar-refractivity contribution in [2.45, 2.75) is 13.3 Å². The van der Waals surface area contributed by atoms with Crippen molar-refractivity contribution in [3.63, 3.8) is 0 Å². The molecule has 0 N–H and O–H groups in total. The largest absolute Gasteiger partial charge is 0.494 e. The minimum atomic E-state index is -0.617. The molecule has 0 bridgehead atoms. The van der Waals surface area contributed by atoms with Crippen molar-refractivity contribution in [1.82, 2.24) is 0 Å². The standard InChI is InChI=1S/C22H21BrN2O4/c1-2-28-20-11-9-19(10-12-20)25(15-3-14-24)21(26)16-29-22(27)13-6-17-4-7-18(23)8-5-17/h4-13H,2-3,15-16H2,1H3/b13-6+. The van der Waals surface area contributed by atoms with E-state index in [9.17, 15) is 9.59 Å². The summed E-state index contributed by atoms with van der Waals surface area (Å²) in [7, 11) is 0. The minimum absolute atomic E-state index is 0.163. The first kappa shape index (κ1) is 22.2. The lowest BCUT2D eigenvalue weighted by atomic mass is 10.2. The van der Waals surface area contributed by atoms with Gasteiger partial charge in [-0.05, 0) is 55.0 Å². The number of halogens is 1. The summed E-state index contributed by atoms with van der Waals surface area (Å²) in [6.45, 7) is 2.22. The average molecular weight is 457 g/mol. The maximum Gasteiger partial charge on any atom is 0.331 e. The molecular formula is C22H21BrN2O4. The number of carbonyl (C=O) groups excluding carboxylic acids is 2. The van der Waals surface area contributed by atoms with Crippen LogP contribution in [0.5, 0.6) is 5.75 Å². The average Bonchev–Trinajstić information content (AvgIpc) is 2.73. The van der Waals surface area contributed by atoms with E-state index in [-0.39, 0.29) is 13.0 Å². The van der Waals surface area contributed by atoms with Crippen molar-refractivity contribution in [2.24, 2.45) is 0 Å². The smallest absolute Gasteiger partial charge is 0.331 e. The number of hydrogen-bond donors (Lipinski definition) is 0. The first-order chi connectivity index (χ1) is 14.0. The molecule has 29 heavy (non-hydrogen) atoms. The van der Waals surface area contributed by atoms with Crippen LogP contribution < -0.4 is 9.64 Å². The van der Waals surface area contributed by atoms with Gasteiger partial charge in [-0.15, -0.1) is 0 Å². The molecule has 0 saturated heterocycles. The Kier molecular flexibility index (Phi) is 8.93. The summed E-state index contributed by atoms with van der Waals surface area (Å²) in [5.41, 5.74) is 1.44. The quantitative estimate of drug-likeness (QED) is 0.413. The molecule has 0 fully saturated rings. The van der Waals surface area contributed by atoms with Gasteiger partial charge in [0.05, 0.1) is 19.1 Å². The third-order valence-corrected chi connectivity index (χ3v) is 4.36. The van der Waals surface area contributed by atoms with Crippen molar-refractivity contribution < 1.29 is 19.1 Å². The van der Waals surface area contributed by atoms with Crippen molar-refractivity contribution in [3.8, 4) is 11.8 Å². The number of esters is 1. The Morgan fingerprint density at radius 2 is 1.83 bits per heavy atom. The summed E-state index contributed by atoms with van der Waals surface area (Å²) in [4.78, 5) is 25.9. The minimum Gasteiger partial charge on any atom is -0.494 e. The Morgan fingerprint density at radius 3 is 2.45 bits per heavy atom. The van der Waals surface area contributed by atoms with Gasteiger partial charge in [-0.25, -0.2) is 4.79 Å². The summed E-state index contributed by atoms with van der Waals surface area (Å²) in [5.74, 6) is -0.337. The molecule has 0 aliphatic rings. The van der Waals surface area contributed by atoms with Gasteiger partial charge in [-0.3, -0.25) is 4.79 Å². The van der Waals surface area contributed by atoms with Gasteiger partial charge in [0.1, 0.15) is 5.75 Å². The summed E-state index contributed by atoms with van der Waals surface area (Å²) in [6, 6.07) is 16.4. The molecule has 1 amide bonds. The SMILES string of the molecule is CCOc1ccc(N(CCC#N)C(=O)COC(=O)/C=C/c2ccc(Br)cc2)cc1. The fraction of sp³-hybridized carbons (Fsp3) is 0.227. The lowest BCUT2D eigenvalue weighted by molar-refractivity contribution is -0.142. The number of nitrogens with zero attached hydrogens (tertiary/aromatic N) is 2. The molecule has 0 radical (unpaired) electrons.